The molecule has 3 aliphatic rings. The molecule has 6 nitrogen and oxygen atoms in total. The molecule has 0 aromatic carbocycles. The van der Waals surface area contributed by atoms with E-state index >= 15 is 0 Å². The van der Waals surface area contributed by atoms with E-state index in [-0.39, 0.29) is 5.92 Å². The first-order chi connectivity index (χ1) is 12.3. The van der Waals surface area contributed by atoms with Gasteiger partial charge in [0.15, 0.2) is 5.96 Å². The van der Waals surface area contributed by atoms with Gasteiger partial charge in [0.2, 0.25) is 5.91 Å². The molecular formula is C19H34N4O2. The van der Waals surface area contributed by atoms with Gasteiger partial charge in [0, 0.05) is 50.7 Å². The number of likely N-dealkylation sites (tertiary alicyclic amines) is 1. The standard InChI is InChI=1S/C19H34N4O2/c1-2-20-19(21-12-15-9-11-25-14-15)22-17-8-10-23(13-17)18(24)16-6-4-3-5-7-16/h15-17H,2-14H2,1H3,(H2,20,21,22). The van der Waals surface area contributed by atoms with Crippen LogP contribution in [0.5, 0.6) is 0 Å². The quantitative estimate of drug-likeness (QED) is 0.586. The molecule has 1 saturated carbocycles. The van der Waals surface area contributed by atoms with E-state index in [1.165, 1.54) is 19.3 Å². The van der Waals surface area contributed by atoms with Gasteiger partial charge in [0.05, 0.1) is 6.61 Å². The van der Waals surface area contributed by atoms with Crippen LogP contribution in [-0.4, -0.2) is 62.2 Å². The third-order valence-electron chi connectivity index (χ3n) is 5.67. The molecular weight excluding hydrogens is 316 g/mol. The smallest absolute Gasteiger partial charge is 0.225 e. The van der Waals surface area contributed by atoms with Crippen LogP contribution in [0.15, 0.2) is 4.99 Å². The maximum Gasteiger partial charge on any atom is 0.225 e. The van der Waals surface area contributed by atoms with Crippen LogP contribution in [0, 0.1) is 11.8 Å². The normalized spacial score (nSPS) is 28.4. The summed E-state index contributed by atoms with van der Waals surface area (Å²) in [5, 5.41) is 6.87. The van der Waals surface area contributed by atoms with Gasteiger partial charge in [0.1, 0.15) is 0 Å². The molecule has 0 radical (unpaired) electrons. The van der Waals surface area contributed by atoms with Gasteiger partial charge >= 0.3 is 0 Å². The fourth-order valence-electron chi connectivity index (χ4n) is 4.15. The van der Waals surface area contributed by atoms with E-state index in [9.17, 15) is 4.79 Å². The molecule has 3 rings (SSSR count). The van der Waals surface area contributed by atoms with Gasteiger partial charge in [-0.2, -0.15) is 0 Å². The Labute approximate surface area is 151 Å². The second kappa shape index (κ2) is 9.41. The molecule has 2 atom stereocenters. The molecule has 0 spiro atoms. The summed E-state index contributed by atoms with van der Waals surface area (Å²) in [6.07, 6.45) is 8.01. The molecule has 2 aliphatic heterocycles. The number of guanidine groups is 1. The van der Waals surface area contributed by atoms with Crippen LogP contribution >= 0.6 is 0 Å². The van der Waals surface area contributed by atoms with Gasteiger partial charge in [0.25, 0.3) is 0 Å². The highest BCUT2D eigenvalue weighted by Gasteiger charge is 2.31. The van der Waals surface area contributed by atoms with E-state index in [0.29, 0.717) is 17.9 Å². The highest BCUT2D eigenvalue weighted by molar-refractivity contribution is 5.81. The van der Waals surface area contributed by atoms with Gasteiger partial charge in [-0.15, -0.1) is 0 Å². The Morgan fingerprint density at radius 1 is 1.20 bits per heavy atom. The Hall–Kier alpha value is -1.30. The molecule has 2 N–H and O–H groups in total. The lowest BCUT2D eigenvalue weighted by Crippen LogP contribution is -2.45. The topological polar surface area (TPSA) is 66.0 Å². The average molecular weight is 351 g/mol. The number of hydrogen-bond acceptors (Lipinski definition) is 3. The number of aliphatic imine (C=N–C) groups is 1. The summed E-state index contributed by atoms with van der Waals surface area (Å²) < 4.78 is 5.43. The van der Waals surface area contributed by atoms with Crippen LogP contribution in [0.4, 0.5) is 0 Å². The highest BCUT2D eigenvalue weighted by Crippen LogP contribution is 2.26. The average Bonchev–Trinajstić information content (AvgIpc) is 3.32. The predicted octanol–water partition coefficient (Wildman–Crippen LogP) is 1.76. The second-order valence-electron chi connectivity index (χ2n) is 7.70. The predicted molar refractivity (Wildman–Crippen MR) is 99.6 cm³/mol. The van der Waals surface area contributed by atoms with Crippen molar-refractivity contribution in [3.8, 4) is 0 Å². The van der Waals surface area contributed by atoms with Crippen LogP contribution < -0.4 is 10.6 Å². The Kier molecular flexibility index (Phi) is 6.96. The summed E-state index contributed by atoms with van der Waals surface area (Å²) in [5.74, 6) is 2.08. The molecule has 142 valence electrons. The fourth-order valence-corrected chi connectivity index (χ4v) is 4.15. The zero-order valence-electron chi connectivity index (χ0n) is 15.6. The third-order valence-corrected chi connectivity index (χ3v) is 5.67. The molecule has 0 aromatic heterocycles. The summed E-state index contributed by atoms with van der Waals surface area (Å²) in [7, 11) is 0. The molecule has 1 amide bonds. The number of carbonyl (C=O) groups excluding carboxylic acids is 1. The lowest BCUT2D eigenvalue weighted by Gasteiger charge is -2.26. The summed E-state index contributed by atoms with van der Waals surface area (Å²) in [5.41, 5.74) is 0. The Morgan fingerprint density at radius 2 is 2.04 bits per heavy atom. The molecule has 6 heteroatoms. The van der Waals surface area contributed by atoms with Crippen LogP contribution in [0.3, 0.4) is 0 Å². The lowest BCUT2D eigenvalue weighted by atomic mass is 9.88. The molecule has 2 saturated heterocycles. The molecule has 3 fully saturated rings. The highest BCUT2D eigenvalue weighted by atomic mass is 16.5. The number of carbonyl (C=O) groups is 1. The lowest BCUT2D eigenvalue weighted by molar-refractivity contribution is -0.135. The number of nitrogens with zero attached hydrogens (tertiary/aromatic N) is 2. The van der Waals surface area contributed by atoms with E-state index in [1.807, 2.05) is 0 Å². The minimum Gasteiger partial charge on any atom is -0.381 e. The minimum absolute atomic E-state index is 0.275. The first-order valence-electron chi connectivity index (χ1n) is 10.2. The van der Waals surface area contributed by atoms with Crippen LogP contribution in [-0.2, 0) is 9.53 Å². The van der Waals surface area contributed by atoms with Crippen molar-refractivity contribution in [2.24, 2.45) is 16.8 Å². The third kappa shape index (κ3) is 5.33. The van der Waals surface area contributed by atoms with E-state index in [1.54, 1.807) is 0 Å². The van der Waals surface area contributed by atoms with Crippen molar-refractivity contribution in [1.82, 2.24) is 15.5 Å². The zero-order chi connectivity index (χ0) is 17.5. The zero-order valence-corrected chi connectivity index (χ0v) is 15.6. The van der Waals surface area contributed by atoms with Gasteiger partial charge in [-0.1, -0.05) is 19.3 Å². The first kappa shape index (κ1) is 18.5. The molecule has 0 aromatic rings. The van der Waals surface area contributed by atoms with Gasteiger partial charge in [-0.25, -0.2) is 0 Å². The number of hydrogen-bond donors (Lipinski definition) is 2. The summed E-state index contributed by atoms with van der Waals surface area (Å²) in [4.78, 5) is 19.5. The maximum atomic E-state index is 12.7. The van der Waals surface area contributed by atoms with Crippen LogP contribution in [0.25, 0.3) is 0 Å². The van der Waals surface area contributed by atoms with Crippen molar-refractivity contribution in [2.75, 3.05) is 39.4 Å². The van der Waals surface area contributed by atoms with Crippen molar-refractivity contribution in [3.63, 3.8) is 0 Å². The van der Waals surface area contributed by atoms with Gasteiger partial charge in [-0.3, -0.25) is 9.79 Å². The monoisotopic (exact) mass is 350 g/mol. The first-order valence-corrected chi connectivity index (χ1v) is 10.2. The fraction of sp³-hybridized carbons (Fsp3) is 0.895. The van der Waals surface area contributed by atoms with E-state index in [2.05, 4.69) is 22.5 Å². The molecule has 25 heavy (non-hydrogen) atoms. The Bertz CT molecular complexity index is 456. The van der Waals surface area contributed by atoms with Crippen molar-refractivity contribution in [2.45, 2.75) is 57.9 Å². The number of nitrogens with one attached hydrogen (secondary N) is 2. The molecule has 1 aliphatic carbocycles. The number of ether oxygens (including phenoxy) is 1. The van der Waals surface area contributed by atoms with E-state index < -0.39 is 0 Å². The SMILES string of the molecule is CCNC(=NCC1CCOC1)NC1CCN(C(=O)C2CCCCC2)C1. The summed E-state index contributed by atoms with van der Waals surface area (Å²) in [6, 6.07) is 0.310. The van der Waals surface area contributed by atoms with Crippen molar-refractivity contribution in [1.29, 1.82) is 0 Å². The van der Waals surface area contributed by atoms with Crippen LogP contribution in [0.1, 0.15) is 51.9 Å². The Balaban J connectivity index is 1.47. The van der Waals surface area contributed by atoms with E-state index in [4.69, 9.17) is 9.73 Å². The Morgan fingerprint density at radius 3 is 2.76 bits per heavy atom. The molecule has 2 heterocycles. The van der Waals surface area contributed by atoms with Crippen LogP contribution in [0.2, 0.25) is 0 Å². The number of rotatable bonds is 5. The largest absolute Gasteiger partial charge is 0.381 e. The van der Waals surface area contributed by atoms with Crippen molar-refractivity contribution in [3.05, 3.63) is 0 Å². The molecule has 0 bridgehead atoms. The van der Waals surface area contributed by atoms with Crippen molar-refractivity contribution >= 4 is 11.9 Å². The summed E-state index contributed by atoms with van der Waals surface area (Å²) in [6.45, 7) is 7.14. The van der Waals surface area contributed by atoms with Gasteiger partial charge in [-0.05, 0) is 32.6 Å². The van der Waals surface area contributed by atoms with E-state index in [0.717, 1.165) is 71.0 Å². The van der Waals surface area contributed by atoms with Gasteiger partial charge < -0.3 is 20.3 Å². The van der Waals surface area contributed by atoms with Crippen molar-refractivity contribution < 1.29 is 9.53 Å². The maximum absolute atomic E-state index is 12.7. The number of amides is 1. The molecule has 2 unspecified atom stereocenters. The summed E-state index contributed by atoms with van der Waals surface area (Å²) >= 11 is 0. The minimum atomic E-state index is 0.275. The second-order valence-corrected chi connectivity index (χ2v) is 7.70.